The minimum Gasteiger partial charge on any atom is -0.381 e. The zero-order valence-corrected chi connectivity index (χ0v) is 14.6. The van der Waals surface area contributed by atoms with Gasteiger partial charge >= 0.3 is 0 Å². The van der Waals surface area contributed by atoms with Crippen molar-refractivity contribution in [3.8, 4) is 0 Å². The number of Topliss-reactive ketones (excluding diaryl/α,β-unsaturated/α-hetero) is 1. The molecular weight excluding hydrogens is 320 g/mol. The Morgan fingerprint density at radius 3 is 2.79 bits per heavy atom. The summed E-state index contributed by atoms with van der Waals surface area (Å²) in [5, 5.41) is 5.43. The van der Waals surface area contributed by atoms with Gasteiger partial charge in [0.25, 0.3) is 0 Å². The molecule has 0 spiro atoms. The summed E-state index contributed by atoms with van der Waals surface area (Å²) in [7, 11) is 0. The third kappa shape index (κ3) is 4.23. The van der Waals surface area contributed by atoms with E-state index in [0.717, 1.165) is 42.1 Å². The Labute approximate surface area is 146 Å². The lowest BCUT2D eigenvalue weighted by Gasteiger charge is -2.33. The van der Waals surface area contributed by atoms with E-state index in [1.807, 2.05) is 34.5 Å². The zero-order chi connectivity index (χ0) is 16.9. The topological polar surface area (TPSA) is 49.4 Å². The molecule has 1 fully saturated rings. The third-order valence-corrected chi connectivity index (χ3v) is 5.35. The van der Waals surface area contributed by atoms with Gasteiger partial charge < -0.3 is 10.2 Å². The molecule has 1 N–H and O–H groups in total. The molecule has 1 saturated heterocycles. The molecule has 1 aromatic carbocycles. The van der Waals surface area contributed by atoms with Crippen LogP contribution in [0.25, 0.3) is 0 Å². The van der Waals surface area contributed by atoms with Gasteiger partial charge in [-0.3, -0.25) is 9.59 Å². The lowest BCUT2D eigenvalue weighted by molar-refractivity contribution is -0.131. The second kappa shape index (κ2) is 7.62. The summed E-state index contributed by atoms with van der Waals surface area (Å²) in [6.07, 6.45) is 2.46. The summed E-state index contributed by atoms with van der Waals surface area (Å²) in [6.45, 7) is 3.11. The van der Waals surface area contributed by atoms with Crippen LogP contribution in [0, 0.1) is 0 Å². The number of hydrogen-bond acceptors (Lipinski definition) is 4. The van der Waals surface area contributed by atoms with Gasteiger partial charge in [-0.05, 0) is 48.9 Å². The summed E-state index contributed by atoms with van der Waals surface area (Å²) in [5.41, 5.74) is 2.04. The molecule has 2 heterocycles. The molecule has 1 aliphatic heterocycles. The van der Waals surface area contributed by atoms with Crippen LogP contribution in [0.15, 0.2) is 41.8 Å². The Kier molecular flexibility index (Phi) is 5.30. The predicted molar refractivity (Wildman–Crippen MR) is 97.7 cm³/mol. The average Bonchev–Trinajstić information content (AvgIpc) is 3.05. The highest BCUT2D eigenvalue weighted by Crippen LogP contribution is 2.19. The number of carbonyl (C=O) groups is 2. The SMILES string of the molecule is CC(=O)c1cc(CC(=O)N2CCCC(Nc3ccccc3)C2)cs1. The second-order valence-electron chi connectivity index (χ2n) is 6.24. The molecule has 4 nitrogen and oxygen atoms in total. The van der Waals surface area contributed by atoms with Crippen molar-refractivity contribution in [1.29, 1.82) is 0 Å². The van der Waals surface area contributed by atoms with Crippen LogP contribution >= 0.6 is 11.3 Å². The predicted octanol–water partition coefficient (Wildman–Crippen LogP) is 3.60. The number of anilines is 1. The fraction of sp³-hybridized carbons (Fsp3) is 0.368. The van der Waals surface area contributed by atoms with Crippen molar-refractivity contribution in [2.75, 3.05) is 18.4 Å². The van der Waals surface area contributed by atoms with Crippen molar-refractivity contribution >= 4 is 28.7 Å². The first-order chi connectivity index (χ1) is 11.6. The third-order valence-electron chi connectivity index (χ3n) is 4.27. The number of likely N-dealkylation sites (tertiary alicyclic amines) is 1. The van der Waals surface area contributed by atoms with Gasteiger partial charge in [-0.15, -0.1) is 11.3 Å². The highest BCUT2D eigenvalue weighted by Gasteiger charge is 2.23. The van der Waals surface area contributed by atoms with Crippen LogP contribution in [-0.2, 0) is 11.2 Å². The minimum absolute atomic E-state index is 0.0591. The second-order valence-corrected chi connectivity index (χ2v) is 7.15. The molecule has 0 aliphatic carbocycles. The average molecular weight is 342 g/mol. The van der Waals surface area contributed by atoms with Crippen molar-refractivity contribution in [3.05, 3.63) is 52.2 Å². The molecule has 1 atom stereocenters. The maximum atomic E-state index is 12.6. The summed E-state index contributed by atoms with van der Waals surface area (Å²) in [5.74, 6) is 0.200. The van der Waals surface area contributed by atoms with Crippen LogP contribution in [-0.4, -0.2) is 35.7 Å². The van der Waals surface area contributed by atoms with Crippen molar-refractivity contribution < 1.29 is 9.59 Å². The molecule has 5 heteroatoms. The van der Waals surface area contributed by atoms with Gasteiger partial charge in [0.2, 0.25) is 5.91 Å². The largest absolute Gasteiger partial charge is 0.381 e. The van der Waals surface area contributed by atoms with Crippen LogP contribution < -0.4 is 5.32 Å². The molecule has 1 amide bonds. The number of hydrogen-bond donors (Lipinski definition) is 1. The van der Waals surface area contributed by atoms with Gasteiger partial charge in [0.1, 0.15) is 0 Å². The molecule has 1 aromatic heterocycles. The number of thiophene rings is 1. The molecule has 0 radical (unpaired) electrons. The van der Waals surface area contributed by atoms with Crippen molar-refractivity contribution in [2.45, 2.75) is 32.2 Å². The Balaban J connectivity index is 1.57. The molecule has 0 saturated carbocycles. The van der Waals surface area contributed by atoms with Crippen LogP contribution in [0.2, 0.25) is 0 Å². The van der Waals surface area contributed by atoms with Crippen molar-refractivity contribution in [1.82, 2.24) is 4.90 Å². The van der Waals surface area contributed by atoms with Gasteiger partial charge in [-0.1, -0.05) is 18.2 Å². The summed E-state index contributed by atoms with van der Waals surface area (Å²) in [6, 6.07) is 12.3. The highest BCUT2D eigenvalue weighted by atomic mass is 32.1. The molecule has 0 bridgehead atoms. The fourth-order valence-electron chi connectivity index (χ4n) is 3.03. The standard InChI is InChI=1S/C19H22N2O2S/c1-14(22)18-10-15(13-24-18)11-19(23)21-9-5-8-17(12-21)20-16-6-3-2-4-7-16/h2-4,6-7,10,13,17,20H,5,8-9,11-12H2,1H3. The number of amides is 1. The molecule has 1 aliphatic rings. The number of benzene rings is 1. The zero-order valence-electron chi connectivity index (χ0n) is 13.8. The monoisotopic (exact) mass is 342 g/mol. The van der Waals surface area contributed by atoms with Crippen LogP contribution in [0.3, 0.4) is 0 Å². The minimum atomic E-state index is 0.0591. The molecule has 2 aromatic rings. The van der Waals surface area contributed by atoms with Gasteiger partial charge in [-0.25, -0.2) is 0 Å². The van der Waals surface area contributed by atoms with Gasteiger partial charge in [0, 0.05) is 24.8 Å². The van der Waals surface area contributed by atoms with Crippen LogP contribution in [0.4, 0.5) is 5.69 Å². The Morgan fingerprint density at radius 1 is 1.29 bits per heavy atom. The quantitative estimate of drug-likeness (QED) is 0.845. The van der Waals surface area contributed by atoms with Crippen molar-refractivity contribution in [2.24, 2.45) is 0 Å². The Bertz CT molecular complexity index is 711. The molecule has 126 valence electrons. The van der Waals surface area contributed by atoms with E-state index < -0.39 is 0 Å². The number of para-hydroxylation sites is 1. The highest BCUT2D eigenvalue weighted by molar-refractivity contribution is 7.12. The lowest BCUT2D eigenvalue weighted by atomic mass is 10.0. The van der Waals surface area contributed by atoms with E-state index in [-0.39, 0.29) is 11.7 Å². The maximum Gasteiger partial charge on any atom is 0.227 e. The smallest absolute Gasteiger partial charge is 0.227 e. The summed E-state index contributed by atoms with van der Waals surface area (Å²) < 4.78 is 0. The number of nitrogens with one attached hydrogen (secondary N) is 1. The van der Waals surface area contributed by atoms with Crippen molar-refractivity contribution in [3.63, 3.8) is 0 Å². The van der Waals surface area contributed by atoms with E-state index in [4.69, 9.17) is 0 Å². The first-order valence-corrected chi connectivity index (χ1v) is 9.17. The normalized spacial score (nSPS) is 17.5. The lowest BCUT2D eigenvalue weighted by Crippen LogP contribution is -2.45. The Morgan fingerprint density at radius 2 is 2.08 bits per heavy atom. The molecular formula is C19H22N2O2S. The fourth-order valence-corrected chi connectivity index (χ4v) is 3.85. The number of nitrogens with zero attached hydrogens (tertiary/aromatic N) is 1. The van der Waals surface area contributed by atoms with E-state index in [9.17, 15) is 9.59 Å². The first-order valence-electron chi connectivity index (χ1n) is 8.29. The maximum absolute atomic E-state index is 12.6. The number of rotatable bonds is 5. The van der Waals surface area contributed by atoms with E-state index in [1.54, 1.807) is 6.92 Å². The van der Waals surface area contributed by atoms with Gasteiger partial charge in [0.15, 0.2) is 5.78 Å². The van der Waals surface area contributed by atoms with E-state index in [1.165, 1.54) is 11.3 Å². The Hall–Kier alpha value is -2.14. The number of ketones is 1. The molecule has 24 heavy (non-hydrogen) atoms. The van der Waals surface area contributed by atoms with Gasteiger partial charge in [0.05, 0.1) is 11.3 Å². The molecule has 1 unspecified atom stereocenters. The molecule has 3 rings (SSSR count). The first kappa shape index (κ1) is 16.7. The van der Waals surface area contributed by atoms with E-state index >= 15 is 0 Å². The summed E-state index contributed by atoms with van der Waals surface area (Å²) in [4.78, 5) is 26.6. The van der Waals surface area contributed by atoms with Gasteiger partial charge in [-0.2, -0.15) is 0 Å². The van der Waals surface area contributed by atoms with Crippen LogP contribution in [0.1, 0.15) is 35.0 Å². The van der Waals surface area contributed by atoms with E-state index in [2.05, 4.69) is 17.4 Å². The number of carbonyl (C=O) groups excluding carboxylic acids is 2. The van der Waals surface area contributed by atoms with Crippen LogP contribution in [0.5, 0.6) is 0 Å². The number of piperidine rings is 1. The summed E-state index contributed by atoms with van der Waals surface area (Å²) >= 11 is 1.42. The van der Waals surface area contributed by atoms with E-state index in [0.29, 0.717) is 12.5 Å².